The van der Waals surface area contributed by atoms with Crippen LogP contribution in [0.1, 0.15) is 17.1 Å². The van der Waals surface area contributed by atoms with Gasteiger partial charge in [0.05, 0.1) is 6.54 Å². The van der Waals surface area contributed by atoms with Crippen molar-refractivity contribution in [3.8, 4) is 0 Å². The number of rotatable bonds is 3. The third kappa shape index (κ3) is 2.97. The summed E-state index contributed by atoms with van der Waals surface area (Å²) >= 11 is 0. The van der Waals surface area contributed by atoms with E-state index in [0.29, 0.717) is 12.4 Å². The van der Waals surface area contributed by atoms with E-state index in [0.717, 1.165) is 17.2 Å². The van der Waals surface area contributed by atoms with E-state index < -0.39 is 0 Å². The zero-order chi connectivity index (χ0) is 13.1. The minimum atomic E-state index is 0.523. The summed E-state index contributed by atoms with van der Waals surface area (Å²) in [7, 11) is 2.02. The molecule has 94 valence electrons. The molecule has 2 rings (SSSR count). The summed E-state index contributed by atoms with van der Waals surface area (Å²) in [6.45, 7) is 4.65. The molecule has 0 aliphatic rings. The van der Waals surface area contributed by atoms with E-state index in [2.05, 4.69) is 40.0 Å². The predicted octanol–water partition coefficient (Wildman–Crippen LogP) is 2.31. The molecule has 1 heterocycles. The van der Waals surface area contributed by atoms with Crippen LogP contribution in [0.25, 0.3) is 0 Å². The van der Waals surface area contributed by atoms with Gasteiger partial charge in [-0.1, -0.05) is 12.1 Å². The molecule has 0 aliphatic carbocycles. The molecule has 0 radical (unpaired) electrons. The monoisotopic (exact) mass is 242 g/mol. The van der Waals surface area contributed by atoms with Crippen LogP contribution in [0.5, 0.6) is 0 Å². The molecule has 0 spiro atoms. The molecule has 4 heteroatoms. The summed E-state index contributed by atoms with van der Waals surface area (Å²) in [5.41, 5.74) is 9.02. The first-order chi connectivity index (χ1) is 8.54. The van der Waals surface area contributed by atoms with Crippen molar-refractivity contribution in [2.75, 3.05) is 17.7 Å². The second-order valence-corrected chi connectivity index (χ2v) is 4.55. The Hall–Kier alpha value is -2.10. The maximum atomic E-state index is 5.73. The highest BCUT2D eigenvalue weighted by atomic mass is 15.1. The second-order valence-electron chi connectivity index (χ2n) is 4.55. The molecular formula is C14H18N4. The van der Waals surface area contributed by atoms with Gasteiger partial charge >= 0.3 is 0 Å². The number of nitrogen functional groups attached to an aromatic ring is 1. The zero-order valence-corrected chi connectivity index (χ0v) is 11.0. The fourth-order valence-corrected chi connectivity index (χ4v) is 1.90. The van der Waals surface area contributed by atoms with Crippen molar-refractivity contribution in [1.82, 2.24) is 9.97 Å². The number of anilines is 2. The van der Waals surface area contributed by atoms with E-state index in [4.69, 9.17) is 5.73 Å². The zero-order valence-electron chi connectivity index (χ0n) is 11.0. The van der Waals surface area contributed by atoms with Gasteiger partial charge in [-0.05, 0) is 31.5 Å². The van der Waals surface area contributed by atoms with Crippen molar-refractivity contribution >= 4 is 11.5 Å². The van der Waals surface area contributed by atoms with Gasteiger partial charge in [-0.15, -0.1) is 0 Å². The van der Waals surface area contributed by atoms with Gasteiger partial charge in [0, 0.05) is 24.5 Å². The van der Waals surface area contributed by atoms with Gasteiger partial charge in [0.25, 0.3) is 0 Å². The van der Waals surface area contributed by atoms with Crippen molar-refractivity contribution in [3.63, 3.8) is 0 Å². The highest BCUT2D eigenvalue weighted by molar-refractivity contribution is 5.47. The van der Waals surface area contributed by atoms with Gasteiger partial charge < -0.3 is 10.6 Å². The molecule has 2 aromatic rings. The second kappa shape index (κ2) is 5.04. The number of hydrogen-bond acceptors (Lipinski definition) is 4. The number of aryl methyl sites for hydroxylation is 2. The molecule has 1 aromatic heterocycles. The Kier molecular flexibility index (Phi) is 3.46. The molecule has 0 amide bonds. The molecule has 0 fully saturated rings. The molecule has 18 heavy (non-hydrogen) atoms. The fraction of sp³-hybridized carbons (Fsp3) is 0.286. The lowest BCUT2D eigenvalue weighted by Crippen LogP contribution is -2.19. The van der Waals surface area contributed by atoms with E-state index in [1.165, 1.54) is 5.56 Å². The quantitative estimate of drug-likeness (QED) is 0.897. The highest BCUT2D eigenvalue weighted by Crippen LogP contribution is 2.16. The Morgan fingerprint density at radius 1 is 1.17 bits per heavy atom. The summed E-state index contributed by atoms with van der Waals surface area (Å²) in [6, 6.07) is 10.1. The summed E-state index contributed by atoms with van der Waals surface area (Å²) in [5.74, 6) is 1.27. The summed E-state index contributed by atoms with van der Waals surface area (Å²) < 4.78 is 0. The first kappa shape index (κ1) is 12.4. The fourth-order valence-electron chi connectivity index (χ4n) is 1.90. The molecule has 4 nitrogen and oxygen atoms in total. The van der Waals surface area contributed by atoms with Crippen LogP contribution in [-0.4, -0.2) is 17.0 Å². The minimum absolute atomic E-state index is 0.523. The normalized spacial score (nSPS) is 10.4. The van der Waals surface area contributed by atoms with Crippen molar-refractivity contribution in [1.29, 1.82) is 0 Å². The molecular weight excluding hydrogens is 224 g/mol. The van der Waals surface area contributed by atoms with Gasteiger partial charge in [0.2, 0.25) is 0 Å². The Morgan fingerprint density at radius 3 is 2.61 bits per heavy atom. The molecule has 0 unspecified atom stereocenters. The van der Waals surface area contributed by atoms with E-state index >= 15 is 0 Å². The lowest BCUT2D eigenvalue weighted by atomic mass is 10.2. The Morgan fingerprint density at radius 2 is 1.94 bits per heavy atom. The van der Waals surface area contributed by atoms with Crippen LogP contribution < -0.4 is 10.6 Å². The SMILES string of the molecule is Cc1cccc(N(C)Cc2nc(C)cc(N)n2)c1. The number of benzene rings is 1. The molecule has 0 bridgehead atoms. The average Bonchev–Trinajstić information content (AvgIpc) is 2.27. The lowest BCUT2D eigenvalue weighted by molar-refractivity contribution is 0.831. The van der Waals surface area contributed by atoms with Gasteiger partial charge in [-0.25, -0.2) is 9.97 Å². The Labute approximate surface area is 107 Å². The van der Waals surface area contributed by atoms with Crippen molar-refractivity contribution in [3.05, 3.63) is 47.4 Å². The van der Waals surface area contributed by atoms with Gasteiger partial charge in [-0.2, -0.15) is 0 Å². The maximum Gasteiger partial charge on any atom is 0.150 e. The molecule has 0 aliphatic heterocycles. The van der Waals surface area contributed by atoms with Crippen molar-refractivity contribution in [2.45, 2.75) is 20.4 Å². The molecule has 2 N–H and O–H groups in total. The van der Waals surface area contributed by atoms with Crippen LogP contribution >= 0.6 is 0 Å². The van der Waals surface area contributed by atoms with Crippen molar-refractivity contribution in [2.24, 2.45) is 0 Å². The molecule has 0 saturated heterocycles. The van der Waals surface area contributed by atoms with Crippen LogP contribution in [0, 0.1) is 13.8 Å². The molecule has 0 atom stereocenters. The Balaban J connectivity index is 2.18. The highest BCUT2D eigenvalue weighted by Gasteiger charge is 2.06. The van der Waals surface area contributed by atoms with Crippen LogP contribution in [0.3, 0.4) is 0 Å². The third-order valence-electron chi connectivity index (χ3n) is 2.74. The molecule has 0 saturated carbocycles. The van der Waals surface area contributed by atoms with E-state index in [1.807, 2.05) is 20.0 Å². The standard InChI is InChI=1S/C14H18N4/c1-10-5-4-6-12(7-10)18(3)9-14-16-11(2)8-13(15)17-14/h4-8H,9H2,1-3H3,(H2,15,16,17). The van der Waals surface area contributed by atoms with E-state index in [9.17, 15) is 0 Å². The summed E-state index contributed by atoms with van der Waals surface area (Å²) in [5, 5.41) is 0. The van der Waals surface area contributed by atoms with Crippen LogP contribution in [0.15, 0.2) is 30.3 Å². The smallest absolute Gasteiger partial charge is 0.150 e. The van der Waals surface area contributed by atoms with Gasteiger partial charge in [0.15, 0.2) is 0 Å². The van der Waals surface area contributed by atoms with E-state index in [-0.39, 0.29) is 0 Å². The topological polar surface area (TPSA) is 55.0 Å². The van der Waals surface area contributed by atoms with E-state index in [1.54, 1.807) is 6.07 Å². The first-order valence-electron chi connectivity index (χ1n) is 5.92. The largest absolute Gasteiger partial charge is 0.384 e. The van der Waals surface area contributed by atoms with Crippen LogP contribution in [0.2, 0.25) is 0 Å². The van der Waals surface area contributed by atoms with Gasteiger partial charge in [0.1, 0.15) is 11.6 Å². The Bertz CT molecular complexity index is 531. The number of nitrogens with two attached hydrogens (primary N) is 1. The van der Waals surface area contributed by atoms with Crippen molar-refractivity contribution < 1.29 is 0 Å². The number of hydrogen-bond donors (Lipinski definition) is 1. The minimum Gasteiger partial charge on any atom is -0.384 e. The summed E-state index contributed by atoms with van der Waals surface area (Å²) in [4.78, 5) is 10.7. The lowest BCUT2D eigenvalue weighted by Gasteiger charge is -2.19. The third-order valence-corrected chi connectivity index (χ3v) is 2.74. The van der Waals surface area contributed by atoms with Crippen LogP contribution in [0.4, 0.5) is 11.5 Å². The maximum absolute atomic E-state index is 5.73. The predicted molar refractivity (Wildman–Crippen MR) is 74.5 cm³/mol. The average molecular weight is 242 g/mol. The molecule has 1 aromatic carbocycles. The summed E-state index contributed by atoms with van der Waals surface area (Å²) in [6.07, 6.45) is 0. The first-order valence-corrected chi connectivity index (χ1v) is 5.92. The van der Waals surface area contributed by atoms with Crippen LogP contribution in [-0.2, 0) is 6.54 Å². The van der Waals surface area contributed by atoms with Gasteiger partial charge in [-0.3, -0.25) is 0 Å². The number of nitrogens with zero attached hydrogens (tertiary/aromatic N) is 3. The number of aromatic nitrogens is 2.